The summed E-state index contributed by atoms with van der Waals surface area (Å²) in [5, 5.41) is 7.17. The molecule has 0 saturated carbocycles. The lowest BCUT2D eigenvalue weighted by atomic mass is 10.0. The van der Waals surface area contributed by atoms with Gasteiger partial charge in [-0.15, -0.1) is 0 Å². The van der Waals surface area contributed by atoms with E-state index < -0.39 is 0 Å². The van der Waals surface area contributed by atoms with Gasteiger partial charge in [0.2, 0.25) is 0 Å². The molecule has 1 fully saturated rings. The summed E-state index contributed by atoms with van der Waals surface area (Å²) in [6, 6.07) is 6.97. The molecule has 5 heteroatoms. The average Bonchev–Trinajstić information content (AvgIpc) is 2.64. The van der Waals surface area contributed by atoms with Crippen molar-refractivity contribution in [2.45, 2.75) is 51.1 Å². The number of benzene rings is 1. The molecule has 3 rings (SSSR count). The second kappa shape index (κ2) is 6.35. The van der Waals surface area contributed by atoms with Crippen LogP contribution in [0, 0.1) is 0 Å². The molecule has 0 bridgehead atoms. The lowest BCUT2D eigenvalue weighted by molar-refractivity contribution is 0.456. The molecule has 2 aromatic rings. The molecule has 2 unspecified atom stereocenters. The van der Waals surface area contributed by atoms with Gasteiger partial charge in [-0.05, 0) is 50.9 Å². The van der Waals surface area contributed by atoms with E-state index in [-0.39, 0.29) is 5.69 Å². The van der Waals surface area contributed by atoms with E-state index in [2.05, 4.69) is 27.5 Å². The van der Waals surface area contributed by atoms with Crippen molar-refractivity contribution in [3.05, 3.63) is 28.7 Å². The normalized spacial score (nSPS) is 21.1. The van der Waals surface area contributed by atoms with Crippen molar-refractivity contribution < 1.29 is 0 Å². The Morgan fingerprint density at radius 3 is 3.00 bits per heavy atom. The van der Waals surface area contributed by atoms with Crippen LogP contribution in [0.4, 0.5) is 5.69 Å². The summed E-state index contributed by atoms with van der Waals surface area (Å²) in [7, 11) is 0. The van der Waals surface area contributed by atoms with Gasteiger partial charge in [-0.2, -0.15) is 0 Å². The number of aromatic nitrogens is 2. The highest BCUT2D eigenvalue weighted by Crippen LogP contribution is 2.18. The van der Waals surface area contributed by atoms with Crippen molar-refractivity contribution in [2.24, 2.45) is 0 Å². The van der Waals surface area contributed by atoms with Crippen LogP contribution in [0.1, 0.15) is 39.0 Å². The van der Waals surface area contributed by atoms with Crippen LogP contribution >= 0.6 is 0 Å². The largest absolute Gasteiger partial charge is 0.382 e. The van der Waals surface area contributed by atoms with Gasteiger partial charge in [-0.25, -0.2) is 4.79 Å². The zero-order valence-corrected chi connectivity index (χ0v) is 12.5. The number of nitrogens with one attached hydrogen (secondary N) is 4. The Hall–Kier alpha value is -1.75. The molecule has 0 aliphatic carbocycles. The Bertz CT molecular complexity index is 637. The first-order valence-corrected chi connectivity index (χ1v) is 7.93. The number of H-pyrrole nitrogens is 2. The van der Waals surface area contributed by atoms with Gasteiger partial charge in [-0.1, -0.05) is 12.8 Å². The molecule has 0 spiro atoms. The van der Waals surface area contributed by atoms with E-state index in [1.807, 2.05) is 18.2 Å². The Morgan fingerprint density at radius 2 is 2.10 bits per heavy atom. The van der Waals surface area contributed by atoms with Crippen LogP contribution in [-0.4, -0.2) is 28.6 Å². The molecule has 114 valence electrons. The SMILES string of the molecule is CC(CC1CCCCCN1)Nc1ccc2[nH]c(=O)[nH]c2c1. The Morgan fingerprint density at radius 1 is 1.24 bits per heavy atom. The highest BCUT2D eigenvalue weighted by molar-refractivity contribution is 5.78. The third kappa shape index (κ3) is 3.67. The molecule has 2 heterocycles. The van der Waals surface area contributed by atoms with Crippen LogP contribution in [0.15, 0.2) is 23.0 Å². The lowest BCUT2D eigenvalue weighted by Crippen LogP contribution is -2.33. The Kier molecular flexibility index (Phi) is 4.29. The van der Waals surface area contributed by atoms with Crippen molar-refractivity contribution in [3.8, 4) is 0 Å². The summed E-state index contributed by atoms with van der Waals surface area (Å²) in [4.78, 5) is 16.8. The Balaban J connectivity index is 1.62. The predicted molar refractivity (Wildman–Crippen MR) is 86.9 cm³/mol. The minimum atomic E-state index is -0.155. The molecule has 0 amide bonds. The fourth-order valence-electron chi connectivity index (χ4n) is 3.19. The summed E-state index contributed by atoms with van der Waals surface area (Å²) >= 11 is 0. The van der Waals surface area contributed by atoms with Gasteiger partial charge in [0.1, 0.15) is 0 Å². The van der Waals surface area contributed by atoms with Crippen LogP contribution in [0.3, 0.4) is 0 Å². The maximum absolute atomic E-state index is 11.3. The maximum Gasteiger partial charge on any atom is 0.323 e. The molecule has 21 heavy (non-hydrogen) atoms. The maximum atomic E-state index is 11.3. The number of anilines is 1. The molecule has 1 aromatic heterocycles. The molecule has 1 aliphatic heterocycles. The van der Waals surface area contributed by atoms with Crippen molar-refractivity contribution in [1.29, 1.82) is 0 Å². The standard InChI is InChI=1S/C16H24N4O/c1-11(9-12-5-3-2-4-8-17-12)18-13-6-7-14-15(10-13)20-16(21)19-14/h6-7,10-12,17-18H,2-5,8-9H2,1H3,(H2,19,20,21). The number of fused-ring (bicyclic) bond motifs is 1. The minimum absolute atomic E-state index is 0.155. The van der Waals surface area contributed by atoms with E-state index in [9.17, 15) is 4.79 Å². The summed E-state index contributed by atoms with van der Waals surface area (Å²) in [6.07, 6.45) is 6.39. The van der Waals surface area contributed by atoms with E-state index in [1.165, 1.54) is 25.7 Å². The number of hydrogen-bond donors (Lipinski definition) is 4. The van der Waals surface area contributed by atoms with Gasteiger partial charge in [-0.3, -0.25) is 0 Å². The van der Waals surface area contributed by atoms with Crippen LogP contribution in [-0.2, 0) is 0 Å². The monoisotopic (exact) mass is 288 g/mol. The molecular weight excluding hydrogens is 264 g/mol. The van der Waals surface area contributed by atoms with Crippen molar-refractivity contribution in [2.75, 3.05) is 11.9 Å². The number of rotatable bonds is 4. The van der Waals surface area contributed by atoms with Crippen LogP contribution < -0.4 is 16.3 Å². The zero-order valence-electron chi connectivity index (χ0n) is 12.5. The topological polar surface area (TPSA) is 72.7 Å². The van der Waals surface area contributed by atoms with E-state index in [4.69, 9.17) is 0 Å². The molecule has 5 nitrogen and oxygen atoms in total. The third-order valence-electron chi connectivity index (χ3n) is 4.23. The molecule has 1 aliphatic rings. The van der Waals surface area contributed by atoms with Gasteiger partial charge in [0, 0.05) is 17.8 Å². The first kappa shape index (κ1) is 14.2. The van der Waals surface area contributed by atoms with Gasteiger partial charge in [0.25, 0.3) is 0 Å². The Labute approximate surface area is 124 Å². The zero-order chi connectivity index (χ0) is 14.7. The van der Waals surface area contributed by atoms with Crippen molar-refractivity contribution in [3.63, 3.8) is 0 Å². The molecule has 0 radical (unpaired) electrons. The highest BCUT2D eigenvalue weighted by Gasteiger charge is 2.15. The lowest BCUT2D eigenvalue weighted by Gasteiger charge is -2.22. The van der Waals surface area contributed by atoms with Crippen LogP contribution in [0.5, 0.6) is 0 Å². The minimum Gasteiger partial charge on any atom is -0.382 e. The summed E-state index contributed by atoms with van der Waals surface area (Å²) in [6.45, 7) is 3.37. The second-order valence-electron chi connectivity index (χ2n) is 6.12. The van der Waals surface area contributed by atoms with Crippen LogP contribution in [0.25, 0.3) is 11.0 Å². The summed E-state index contributed by atoms with van der Waals surface area (Å²) in [5.74, 6) is 0. The number of imidazole rings is 1. The molecule has 4 N–H and O–H groups in total. The van der Waals surface area contributed by atoms with E-state index in [1.54, 1.807) is 0 Å². The fraction of sp³-hybridized carbons (Fsp3) is 0.562. The first-order valence-electron chi connectivity index (χ1n) is 7.93. The van der Waals surface area contributed by atoms with Gasteiger partial charge in [0.15, 0.2) is 0 Å². The highest BCUT2D eigenvalue weighted by atomic mass is 16.1. The smallest absolute Gasteiger partial charge is 0.323 e. The summed E-state index contributed by atoms with van der Waals surface area (Å²) < 4.78 is 0. The third-order valence-corrected chi connectivity index (χ3v) is 4.23. The molecule has 1 aromatic carbocycles. The number of hydrogen-bond acceptors (Lipinski definition) is 3. The first-order chi connectivity index (χ1) is 10.2. The molecule has 1 saturated heterocycles. The average molecular weight is 288 g/mol. The van der Waals surface area contributed by atoms with E-state index in [0.29, 0.717) is 12.1 Å². The molecule has 2 atom stereocenters. The van der Waals surface area contributed by atoms with Gasteiger partial charge < -0.3 is 20.6 Å². The summed E-state index contributed by atoms with van der Waals surface area (Å²) in [5.41, 5.74) is 2.60. The van der Waals surface area contributed by atoms with E-state index in [0.717, 1.165) is 29.7 Å². The van der Waals surface area contributed by atoms with E-state index >= 15 is 0 Å². The number of aromatic amines is 2. The second-order valence-corrected chi connectivity index (χ2v) is 6.12. The van der Waals surface area contributed by atoms with Gasteiger partial charge in [0.05, 0.1) is 11.0 Å². The van der Waals surface area contributed by atoms with Gasteiger partial charge >= 0.3 is 5.69 Å². The predicted octanol–water partition coefficient (Wildman–Crippen LogP) is 2.58. The van der Waals surface area contributed by atoms with Crippen molar-refractivity contribution >= 4 is 16.7 Å². The fourth-order valence-corrected chi connectivity index (χ4v) is 3.19. The van der Waals surface area contributed by atoms with Crippen LogP contribution in [0.2, 0.25) is 0 Å². The quantitative estimate of drug-likeness (QED) is 0.698. The molecular formula is C16H24N4O. The van der Waals surface area contributed by atoms with Crippen molar-refractivity contribution in [1.82, 2.24) is 15.3 Å².